The summed E-state index contributed by atoms with van der Waals surface area (Å²) < 4.78 is 4.81. The fraction of sp³-hybridized carbons (Fsp3) is 0.385. The van der Waals surface area contributed by atoms with E-state index in [0.29, 0.717) is 12.1 Å². The molecule has 0 aliphatic heterocycles. The zero-order valence-electron chi connectivity index (χ0n) is 10.5. The van der Waals surface area contributed by atoms with Crippen molar-refractivity contribution in [3.05, 3.63) is 24.3 Å². The van der Waals surface area contributed by atoms with Gasteiger partial charge in [-0.1, -0.05) is 34.5 Å². The second-order valence-corrected chi connectivity index (χ2v) is 4.76. The van der Waals surface area contributed by atoms with Gasteiger partial charge < -0.3 is 15.8 Å². The lowest BCUT2D eigenvalue weighted by Crippen LogP contribution is -2.18. The predicted molar refractivity (Wildman–Crippen MR) is 77.5 cm³/mol. The highest BCUT2D eigenvalue weighted by Crippen LogP contribution is 2.23. The van der Waals surface area contributed by atoms with Crippen LogP contribution in [0.4, 0.5) is 10.5 Å². The molecule has 0 heterocycles. The summed E-state index contributed by atoms with van der Waals surface area (Å²) in [6.07, 6.45) is 2.42. The Bertz CT molecular complexity index is 438. The van der Waals surface area contributed by atoms with Crippen LogP contribution < -0.4 is 15.8 Å². The largest absolute Gasteiger partial charge is 0.410 e. The Morgan fingerprint density at radius 1 is 1.21 bits per heavy atom. The van der Waals surface area contributed by atoms with Crippen molar-refractivity contribution in [1.29, 1.82) is 0 Å². The standard InChI is InChI=1S/C13H17BrN2O3/c14-9-5-1-2-8-12(17)16-10-6-3-4-7-11(10)19-13(15)18/h3-4,6-7H,1-2,5,8-9H2,(H2,15,18)(H,16,17). The Kier molecular flexibility index (Phi) is 6.95. The van der Waals surface area contributed by atoms with Crippen LogP contribution in [0, 0.1) is 0 Å². The number of nitrogens with two attached hydrogens (primary N) is 1. The average Bonchev–Trinajstić information content (AvgIpc) is 2.36. The number of ether oxygens (including phenoxy) is 1. The molecule has 0 unspecified atom stereocenters. The number of hydrogen-bond acceptors (Lipinski definition) is 3. The van der Waals surface area contributed by atoms with Crippen LogP contribution in [0.2, 0.25) is 0 Å². The molecule has 1 aromatic carbocycles. The first kappa shape index (κ1) is 15.5. The second-order valence-electron chi connectivity index (χ2n) is 3.97. The van der Waals surface area contributed by atoms with E-state index in [2.05, 4.69) is 21.2 Å². The van der Waals surface area contributed by atoms with E-state index in [1.807, 2.05) is 0 Å². The number of alkyl halides is 1. The van der Waals surface area contributed by atoms with Crippen LogP contribution in [0.25, 0.3) is 0 Å². The summed E-state index contributed by atoms with van der Waals surface area (Å²) in [7, 11) is 0. The van der Waals surface area contributed by atoms with Crippen LogP contribution in [0.15, 0.2) is 24.3 Å². The van der Waals surface area contributed by atoms with Gasteiger partial charge in [0.05, 0.1) is 5.69 Å². The molecule has 0 saturated heterocycles. The van der Waals surface area contributed by atoms with Gasteiger partial charge in [-0.25, -0.2) is 4.79 Å². The molecular formula is C13H17BrN2O3. The van der Waals surface area contributed by atoms with Crippen LogP contribution in [-0.2, 0) is 4.79 Å². The highest BCUT2D eigenvalue weighted by atomic mass is 79.9. The first-order valence-corrected chi connectivity index (χ1v) is 7.17. The van der Waals surface area contributed by atoms with E-state index in [0.717, 1.165) is 24.6 Å². The van der Waals surface area contributed by atoms with Gasteiger partial charge in [0.25, 0.3) is 0 Å². The number of nitrogens with one attached hydrogen (secondary N) is 1. The molecule has 0 aliphatic carbocycles. The molecular weight excluding hydrogens is 312 g/mol. The number of benzene rings is 1. The molecule has 3 N–H and O–H groups in total. The van der Waals surface area contributed by atoms with E-state index in [1.165, 1.54) is 0 Å². The van der Waals surface area contributed by atoms with Gasteiger partial charge in [-0.3, -0.25) is 4.79 Å². The lowest BCUT2D eigenvalue weighted by molar-refractivity contribution is -0.116. The summed E-state index contributed by atoms with van der Waals surface area (Å²) in [5, 5.41) is 3.66. The fourth-order valence-corrected chi connectivity index (χ4v) is 1.93. The summed E-state index contributed by atoms with van der Waals surface area (Å²) in [6, 6.07) is 6.68. The van der Waals surface area contributed by atoms with Gasteiger partial charge in [-0.15, -0.1) is 0 Å². The van der Waals surface area contributed by atoms with Gasteiger partial charge in [-0.05, 0) is 25.0 Å². The molecule has 0 atom stereocenters. The number of hydrogen-bond donors (Lipinski definition) is 2. The molecule has 104 valence electrons. The van der Waals surface area contributed by atoms with E-state index in [-0.39, 0.29) is 11.7 Å². The molecule has 0 radical (unpaired) electrons. The van der Waals surface area contributed by atoms with Gasteiger partial charge in [0.1, 0.15) is 0 Å². The quantitative estimate of drug-likeness (QED) is 0.596. The number of anilines is 1. The molecule has 1 aromatic rings. The number of carbonyl (C=O) groups is 2. The topological polar surface area (TPSA) is 81.4 Å². The zero-order chi connectivity index (χ0) is 14.1. The maximum Gasteiger partial charge on any atom is 0.410 e. The normalized spacial score (nSPS) is 9.95. The Morgan fingerprint density at radius 2 is 1.95 bits per heavy atom. The third-order valence-electron chi connectivity index (χ3n) is 2.41. The summed E-state index contributed by atoms with van der Waals surface area (Å²) in [5.41, 5.74) is 5.41. The smallest absolute Gasteiger partial charge is 0.408 e. The SMILES string of the molecule is NC(=O)Oc1ccccc1NC(=O)CCCCCBr. The number of primary amides is 1. The number of rotatable bonds is 7. The number of halogens is 1. The number of para-hydroxylation sites is 2. The van der Waals surface area contributed by atoms with Crippen LogP contribution in [0.5, 0.6) is 5.75 Å². The van der Waals surface area contributed by atoms with Crippen molar-refractivity contribution in [3.63, 3.8) is 0 Å². The molecule has 0 aliphatic rings. The molecule has 6 heteroatoms. The summed E-state index contributed by atoms with van der Waals surface area (Å²) in [5.74, 6) is 0.152. The van der Waals surface area contributed by atoms with Gasteiger partial charge in [0.2, 0.25) is 5.91 Å². The van der Waals surface area contributed by atoms with Gasteiger partial charge in [-0.2, -0.15) is 0 Å². The van der Waals surface area contributed by atoms with Crippen molar-refractivity contribution in [2.75, 3.05) is 10.6 Å². The van der Waals surface area contributed by atoms with Crippen molar-refractivity contribution in [2.24, 2.45) is 5.73 Å². The summed E-state index contributed by atoms with van der Waals surface area (Å²) in [6.45, 7) is 0. The molecule has 0 saturated carbocycles. The first-order valence-electron chi connectivity index (χ1n) is 6.05. The Labute approximate surface area is 120 Å². The van der Waals surface area contributed by atoms with Gasteiger partial charge in [0, 0.05) is 11.8 Å². The van der Waals surface area contributed by atoms with E-state index in [1.54, 1.807) is 24.3 Å². The fourth-order valence-electron chi connectivity index (χ4n) is 1.54. The number of amides is 2. The van der Waals surface area contributed by atoms with E-state index >= 15 is 0 Å². The van der Waals surface area contributed by atoms with Crippen molar-refractivity contribution in [1.82, 2.24) is 0 Å². The van der Waals surface area contributed by atoms with Crippen LogP contribution in [0.1, 0.15) is 25.7 Å². The predicted octanol–water partition coefficient (Wildman–Crippen LogP) is 3.04. The summed E-state index contributed by atoms with van der Waals surface area (Å²) >= 11 is 3.34. The molecule has 5 nitrogen and oxygen atoms in total. The maximum absolute atomic E-state index is 11.7. The molecule has 0 fully saturated rings. The average molecular weight is 329 g/mol. The maximum atomic E-state index is 11.7. The molecule has 1 rings (SSSR count). The van der Waals surface area contributed by atoms with E-state index < -0.39 is 6.09 Å². The Morgan fingerprint density at radius 3 is 2.63 bits per heavy atom. The van der Waals surface area contributed by atoms with Crippen molar-refractivity contribution in [2.45, 2.75) is 25.7 Å². The van der Waals surface area contributed by atoms with Crippen molar-refractivity contribution in [3.8, 4) is 5.75 Å². The molecule has 19 heavy (non-hydrogen) atoms. The van der Waals surface area contributed by atoms with Crippen molar-refractivity contribution < 1.29 is 14.3 Å². The number of unbranched alkanes of at least 4 members (excludes halogenated alkanes) is 2. The van der Waals surface area contributed by atoms with Gasteiger partial charge >= 0.3 is 6.09 Å². The number of carbonyl (C=O) groups excluding carboxylic acids is 2. The Balaban J connectivity index is 2.51. The zero-order valence-corrected chi connectivity index (χ0v) is 12.1. The molecule has 2 amide bonds. The lowest BCUT2D eigenvalue weighted by atomic mass is 10.2. The van der Waals surface area contributed by atoms with Crippen LogP contribution >= 0.6 is 15.9 Å². The van der Waals surface area contributed by atoms with Crippen molar-refractivity contribution >= 4 is 33.6 Å². The van der Waals surface area contributed by atoms with Gasteiger partial charge in [0.15, 0.2) is 5.75 Å². The van der Waals surface area contributed by atoms with Crippen LogP contribution in [-0.4, -0.2) is 17.3 Å². The minimum atomic E-state index is -0.904. The first-order chi connectivity index (χ1) is 9.13. The van der Waals surface area contributed by atoms with E-state index in [4.69, 9.17) is 10.5 Å². The highest BCUT2D eigenvalue weighted by Gasteiger charge is 2.09. The Hall–Kier alpha value is -1.56. The monoisotopic (exact) mass is 328 g/mol. The van der Waals surface area contributed by atoms with E-state index in [9.17, 15) is 9.59 Å². The minimum Gasteiger partial charge on any atom is -0.408 e. The summed E-state index contributed by atoms with van der Waals surface area (Å²) in [4.78, 5) is 22.5. The molecule has 0 bridgehead atoms. The highest BCUT2D eigenvalue weighted by molar-refractivity contribution is 9.09. The second kappa shape index (κ2) is 8.53. The molecule has 0 aromatic heterocycles. The lowest BCUT2D eigenvalue weighted by Gasteiger charge is -2.09. The third-order valence-corrected chi connectivity index (χ3v) is 2.97. The third kappa shape index (κ3) is 6.24. The molecule has 0 spiro atoms. The minimum absolute atomic E-state index is 0.102. The van der Waals surface area contributed by atoms with Crippen LogP contribution in [0.3, 0.4) is 0 Å².